The van der Waals surface area contributed by atoms with Crippen LogP contribution in [0.2, 0.25) is 0 Å². The van der Waals surface area contributed by atoms with Gasteiger partial charge < -0.3 is 0 Å². The van der Waals surface area contributed by atoms with Crippen LogP contribution in [0.15, 0.2) is 24.3 Å². The highest BCUT2D eigenvalue weighted by molar-refractivity contribution is 8.31. The van der Waals surface area contributed by atoms with Crippen LogP contribution in [-0.2, 0) is 8.26 Å². The van der Waals surface area contributed by atoms with Crippen LogP contribution in [0.5, 0.6) is 0 Å². The number of rotatable bonds is 0. The maximum Gasteiger partial charge on any atom is 0.317 e. The van der Waals surface area contributed by atoms with Crippen LogP contribution in [0.3, 0.4) is 0 Å². The molecule has 5 heteroatoms. The third kappa shape index (κ3) is 12.0. The standard InChI is InChI=1S/C8H12.Cl2O2S/c1-8(2)6-4-3-5-7-8;1-5(2,3)4/h3-6H,7H2,1-2H3;. The first kappa shape index (κ1) is 13.0. The lowest BCUT2D eigenvalue weighted by Crippen LogP contribution is -2.06. The number of halogens is 2. The molecule has 0 aliphatic heterocycles. The Kier molecular flexibility index (Phi) is 5.04. The highest BCUT2D eigenvalue weighted by Gasteiger charge is 2.11. The minimum Gasteiger partial charge on any atom is -0.195 e. The summed E-state index contributed by atoms with van der Waals surface area (Å²) in [5, 5.41) is 0. The Morgan fingerprint density at radius 3 is 1.85 bits per heavy atom. The van der Waals surface area contributed by atoms with E-state index >= 15 is 0 Å². The molecule has 0 bridgehead atoms. The van der Waals surface area contributed by atoms with Crippen LogP contribution in [-0.4, -0.2) is 8.42 Å². The quantitative estimate of drug-likeness (QED) is 0.612. The molecule has 0 aromatic rings. The first-order chi connectivity index (χ1) is 5.71. The molecule has 0 saturated carbocycles. The summed E-state index contributed by atoms with van der Waals surface area (Å²) < 4.78 is 18.3. The van der Waals surface area contributed by atoms with Gasteiger partial charge in [-0.1, -0.05) is 38.2 Å². The van der Waals surface area contributed by atoms with Gasteiger partial charge in [0, 0.05) is 21.4 Å². The molecule has 0 radical (unpaired) electrons. The van der Waals surface area contributed by atoms with Gasteiger partial charge in [-0.15, -0.1) is 0 Å². The fourth-order valence-corrected chi connectivity index (χ4v) is 0.834. The Hall–Kier alpha value is 0.01000. The topological polar surface area (TPSA) is 34.1 Å². The van der Waals surface area contributed by atoms with Crippen LogP contribution in [0.1, 0.15) is 20.3 Å². The van der Waals surface area contributed by atoms with Crippen LogP contribution < -0.4 is 0 Å². The van der Waals surface area contributed by atoms with Crippen molar-refractivity contribution in [2.24, 2.45) is 5.41 Å². The van der Waals surface area contributed by atoms with Crippen molar-refractivity contribution in [3.63, 3.8) is 0 Å². The molecular weight excluding hydrogens is 231 g/mol. The first-order valence-corrected chi connectivity index (χ1v) is 6.83. The monoisotopic (exact) mass is 242 g/mol. The van der Waals surface area contributed by atoms with E-state index in [-0.39, 0.29) is 0 Å². The van der Waals surface area contributed by atoms with E-state index in [0.717, 1.165) is 0 Å². The predicted octanol–water partition coefficient (Wildman–Crippen LogP) is 3.24. The second kappa shape index (κ2) is 5.03. The number of hydrogen-bond acceptors (Lipinski definition) is 2. The predicted molar refractivity (Wildman–Crippen MR) is 57.3 cm³/mol. The second-order valence-electron chi connectivity index (χ2n) is 3.36. The Morgan fingerprint density at radius 1 is 1.23 bits per heavy atom. The molecule has 1 rings (SSSR count). The van der Waals surface area contributed by atoms with E-state index in [1.165, 1.54) is 6.42 Å². The Morgan fingerprint density at radius 2 is 1.69 bits per heavy atom. The third-order valence-electron chi connectivity index (χ3n) is 1.44. The molecule has 13 heavy (non-hydrogen) atoms. The summed E-state index contributed by atoms with van der Waals surface area (Å²) in [5.74, 6) is 0. The lowest BCUT2D eigenvalue weighted by molar-refractivity contribution is 0.484. The van der Waals surface area contributed by atoms with Crippen molar-refractivity contribution in [1.82, 2.24) is 0 Å². The van der Waals surface area contributed by atoms with Gasteiger partial charge in [0.1, 0.15) is 0 Å². The average Bonchev–Trinajstić information content (AvgIpc) is 1.82. The van der Waals surface area contributed by atoms with Crippen LogP contribution in [0.4, 0.5) is 0 Å². The molecule has 0 heterocycles. The minimum atomic E-state index is -3.72. The van der Waals surface area contributed by atoms with E-state index in [1.54, 1.807) is 0 Å². The Balaban J connectivity index is 0.000000252. The van der Waals surface area contributed by atoms with Gasteiger partial charge in [-0.3, -0.25) is 0 Å². The molecule has 0 saturated heterocycles. The smallest absolute Gasteiger partial charge is 0.195 e. The summed E-state index contributed by atoms with van der Waals surface area (Å²) in [6.07, 6.45) is 9.85. The lowest BCUT2D eigenvalue weighted by Gasteiger charge is -2.19. The molecular formula is C8H12Cl2O2S. The van der Waals surface area contributed by atoms with Gasteiger partial charge in [0.25, 0.3) is 0 Å². The van der Waals surface area contributed by atoms with E-state index in [1.807, 2.05) is 0 Å². The van der Waals surface area contributed by atoms with Crippen molar-refractivity contribution in [2.75, 3.05) is 0 Å². The molecule has 0 atom stereocenters. The molecule has 2 nitrogen and oxygen atoms in total. The van der Waals surface area contributed by atoms with Crippen molar-refractivity contribution in [3.8, 4) is 0 Å². The lowest BCUT2D eigenvalue weighted by atomic mass is 9.86. The van der Waals surface area contributed by atoms with E-state index < -0.39 is 8.26 Å². The third-order valence-corrected chi connectivity index (χ3v) is 1.44. The maximum atomic E-state index is 9.16. The van der Waals surface area contributed by atoms with E-state index in [9.17, 15) is 0 Å². The summed E-state index contributed by atoms with van der Waals surface area (Å²) in [4.78, 5) is 0. The number of allylic oxidation sites excluding steroid dienone is 4. The maximum absolute atomic E-state index is 9.16. The molecule has 1 aliphatic rings. The summed E-state index contributed by atoms with van der Waals surface area (Å²) in [5.41, 5.74) is 0.411. The number of hydrogen-bond donors (Lipinski definition) is 0. The Bertz CT molecular complexity index is 294. The zero-order valence-electron chi connectivity index (χ0n) is 7.50. The first-order valence-electron chi connectivity index (χ1n) is 3.69. The van der Waals surface area contributed by atoms with Crippen molar-refractivity contribution < 1.29 is 8.42 Å². The molecule has 1 aliphatic carbocycles. The summed E-state index contributed by atoms with van der Waals surface area (Å²) in [6, 6.07) is 0. The average molecular weight is 243 g/mol. The van der Waals surface area contributed by atoms with Crippen molar-refractivity contribution in [1.29, 1.82) is 0 Å². The molecule has 0 aromatic heterocycles. The SMILES string of the molecule is CC1(C)C=CC=CC1.O=S(=O)(Cl)Cl. The fraction of sp³-hybridized carbons (Fsp3) is 0.500. The summed E-state index contributed by atoms with van der Waals surface area (Å²) >= 11 is 0. The van der Waals surface area contributed by atoms with Crippen molar-refractivity contribution >= 4 is 29.6 Å². The molecule has 0 spiro atoms. The van der Waals surface area contributed by atoms with Gasteiger partial charge in [0.2, 0.25) is 0 Å². The van der Waals surface area contributed by atoms with Crippen LogP contribution >= 0.6 is 21.4 Å². The normalized spacial score (nSPS) is 19.1. The van der Waals surface area contributed by atoms with E-state index in [0.29, 0.717) is 5.41 Å². The molecule has 0 unspecified atom stereocenters. The van der Waals surface area contributed by atoms with Crippen LogP contribution in [0, 0.1) is 5.41 Å². The fourth-order valence-electron chi connectivity index (χ4n) is 0.834. The Labute approximate surface area is 88.2 Å². The molecule has 76 valence electrons. The van der Waals surface area contributed by atoms with E-state index in [4.69, 9.17) is 8.42 Å². The highest BCUT2D eigenvalue weighted by Crippen LogP contribution is 2.24. The second-order valence-corrected chi connectivity index (χ2v) is 7.03. The zero-order valence-corrected chi connectivity index (χ0v) is 9.83. The largest absolute Gasteiger partial charge is 0.317 e. The van der Waals surface area contributed by atoms with E-state index in [2.05, 4.69) is 59.5 Å². The van der Waals surface area contributed by atoms with Gasteiger partial charge in [0.05, 0.1) is 0 Å². The van der Waals surface area contributed by atoms with Crippen molar-refractivity contribution in [3.05, 3.63) is 24.3 Å². The summed E-state index contributed by atoms with van der Waals surface area (Å²) in [6.45, 7) is 4.49. The van der Waals surface area contributed by atoms with Gasteiger partial charge in [-0.25, -0.2) is 0 Å². The van der Waals surface area contributed by atoms with Gasteiger partial charge in [-0.2, -0.15) is 8.42 Å². The van der Waals surface area contributed by atoms with Crippen LogP contribution in [0.25, 0.3) is 0 Å². The minimum absolute atomic E-state index is 0.411. The summed E-state index contributed by atoms with van der Waals surface area (Å²) in [7, 11) is 4.81. The molecule has 0 fully saturated rings. The molecule has 0 N–H and O–H groups in total. The van der Waals surface area contributed by atoms with Gasteiger partial charge in [0.15, 0.2) is 0 Å². The van der Waals surface area contributed by atoms with Crippen molar-refractivity contribution in [2.45, 2.75) is 20.3 Å². The van der Waals surface area contributed by atoms with Gasteiger partial charge >= 0.3 is 8.26 Å². The molecule has 0 aromatic carbocycles. The highest BCUT2D eigenvalue weighted by atomic mass is 36.0. The van der Waals surface area contributed by atoms with Gasteiger partial charge in [-0.05, 0) is 11.8 Å². The zero-order chi connectivity index (χ0) is 10.5. The molecule has 0 amide bonds.